The second-order valence-corrected chi connectivity index (χ2v) is 6.91. The molecule has 0 aromatic carbocycles. The van der Waals surface area contributed by atoms with Crippen molar-refractivity contribution in [2.75, 3.05) is 5.75 Å². The zero-order valence-corrected chi connectivity index (χ0v) is 12.8. The summed E-state index contributed by atoms with van der Waals surface area (Å²) in [4.78, 5) is 12.0. The van der Waals surface area contributed by atoms with Gasteiger partial charge in [-0.3, -0.25) is 4.79 Å². The summed E-state index contributed by atoms with van der Waals surface area (Å²) in [6.07, 6.45) is 6.58. The van der Waals surface area contributed by atoms with Gasteiger partial charge in [0.05, 0.1) is 12.0 Å². The van der Waals surface area contributed by atoms with Crippen molar-refractivity contribution >= 4 is 17.7 Å². The Morgan fingerprint density at radius 2 is 2.32 bits per heavy atom. The second-order valence-electron chi connectivity index (χ2n) is 5.99. The van der Waals surface area contributed by atoms with E-state index < -0.39 is 0 Å². The highest BCUT2D eigenvalue weighted by Gasteiger charge is 2.40. The summed E-state index contributed by atoms with van der Waals surface area (Å²) >= 11 is 1.26. The first-order chi connectivity index (χ1) is 10.8. The number of aromatic nitrogens is 2. The van der Waals surface area contributed by atoms with Crippen molar-refractivity contribution in [2.45, 2.75) is 36.9 Å². The zero-order chi connectivity index (χ0) is 14.9. The normalized spacial score (nSPS) is 26.5. The Kier molecular flexibility index (Phi) is 3.65. The van der Waals surface area contributed by atoms with Gasteiger partial charge >= 0.3 is 0 Å². The lowest BCUT2D eigenvalue weighted by atomic mass is 9.95. The molecular formula is C15H17N3O3S. The zero-order valence-electron chi connectivity index (χ0n) is 12.0. The molecule has 2 bridgehead atoms. The summed E-state index contributed by atoms with van der Waals surface area (Å²) < 4.78 is 10.7. The van der Waals surface area contributed by atoms with Gasteiger partial charge in [0.15, 0.2) is 5.76 Å². The van der Waals surface area contributed by atoms with Gasteiger partial charge in [0.2, 0.25) is 5.91 Å². The number of rotatable bonds is 5. The Balaban J connectivity index is 1.28. The van der Waals surface area contributed by atoms with Gasteiger partial charge in [0.25, 0.3) is 11.1 Å². The van der Waals surface area contributed by atoms with E-state index in [9.17, 15) is 4.79 Å². The minimum absolute atomic E-state index is 0.0419. The first-order valence-corrected chi connectivity index (χ1v) is 8.56. The van der Waals surface area contributed by atoms with E-state index in [1.165, 1.54) is 31.0 Å². The molecule has 0 aliphatic heterocycles. The Hall–Kier alpha value is -1.76. The van der Waals surface area contributed by atoms with E-state index >= 15 is 0 Å². The Labute approximate surface area is 132 Å². The molecule has 2 aromatic rings. The Bertz CT molecular complexity index is 655. The largest absolute Gasteiger partial charge is 0.459 e. The molecule has 1 N–H and O–H groups in total. The van der Waals surface area contributed by atoms with Gasteiger partial charge in [0.1, 0.15) is 0 Å². The van der Waals surface area contributed by atoms with Crippen LogP contribution in [0.25, 0.3) is 11.7 Å². The predicted molar refractivity (Wildman–Crippen MR) is 80.1 cm³/mol. The van der Waals surface area contributed by atoms with Gasteiger partial charge in [-0.1, -0.05) is 18.2 Å². The lowest BCUT2D eigenvalue weighted by Gasteiger charge is -2.22. The van der Waals surface area contributed by atoms with Crippen LogP contribution in [0.15, 0.2) is 32.5 Å². The molecule has 2 saturated carbocycles. The highest BCUT2D eigenvalue weighted by molar-refractivity contribution is 7.99. The van der Waals surface area contributed by atoms with Crippen LogP contribution in [0.5, 0.6) is 0 Å². The lowest BCUT2D eigenvalue weighted by molar-refractivity contribution is -0.119. The monoisotopic (exact) mass is 319 g/mol. The van der Waals surface area contributed by atoms with Gasteiger partial charge in [0, 0.05) is 6.04 Å². The van der Waals surface area contributed by atoms with E-state index in [2.05, 4.69) is 15.5 Å². The van der Waals surface area contributed by atoms with Crippen LogP contribution in [0, 0.1) is 11.8 Å². The number of nitrogens with zero attached hydrogens (tertiary/aromatic N) is 2. The van der Waals surface area contributed by atoms with E-state index in [1.54, 1.807) is 18.4 Å². The molecule has 4 rings (SSSR count). The van der Waals surface area contributed by atoms with Crippen LogP contribution in [0.3, 0.4) is 0 Å². The third kappa shape index (κ3) is 2.77. The van der Waals surface area contributed by atoms with Crippen LogP contribution >= 0.6 is 11.8 Å². The van der Waals surface area contributed by atoms with E-state index in [1.807, 2.05) is 0 Å². The van der Waals surface area contributed by atoms with Crippen molar-refractivity contribution in [2.24, 2.45) is 11.8 Å². The molecular weight excluding hydrogens is 302 g/mol. The number of hydrogen-bond donors (Lipinski definition) is 1. The maximum absolute atomic E-state index is 12.0. The molecule has 7 heteroatoms. The molecule has 2 fully saturated rings. The number of nitrogens with one attached hydrogen (secondary N) is 1. The van der Waals surface area contributed by atoms with Crippen molar-refractivity contribution in [3.8, 4) is 11.7 Å². The molecule has 2 aliphatic carbocycles. The minimum Gasteiger partial charge on any atom is -0.459 e. The average Bonchev–Trinajstić information content (AvgIpc) is 3.27. The molecule has 1 amide bonds. The molecule has 116 valence electrons. The average molecular weight is 319 g/mol. The number of fused-ring (bicyclic) bond motifs is 2. The molecule has 0 unspecified atom stereocenters. The summed E-state index contributed by atoms with van der Waals surface area (Å²) in [5.41, 5.74) is 0. The van der Waals surface area contributed by atoms with Gasteiger partial charge < -0.3 is 14.2 Å². The topological polar surface area (TPSA) is 81.2 Å². The third-order valence-electron chi connectivity index (χ3n) is 4.55. The number of amides is 1. The van der Waals surface area contributed by atoms with Crippen LogP contribution in [0.2, 0.25) is 0 Å². The molecule has 0 radical (unpaired) electrons. The van der Waals surface area contributed by atoms with Crippen LogP contribution in [0.1, 0.15) is 25.7 Å². The predicted octanol–water partition coefficient (Wildman–Crippen LogP) is 2.73. The number of carbonyl (C=O) groups is 1. The second kappa shape index (κ2) is 5.79. The van der Waals surface area contributed by atoms with Crippen molar-refractivity contribution in [1.82, 2.24) is 15.5 Å². The smallest absolute Gasteiger partial charge is 0.284 e. The van der Waals surface area contributed by atoms with E-state index in [0.717, 1.165) is 12.3 Å². The van der Waals surface area contributed by atoms with E-state index in [4.69, 9.17) is 8.83 Å². The first-order valence-electron chi connectivity index (χ1n) is 7.57. The molecule has 6 nitrogen and oxygen atoms in total. The summed E-state index contributed by atoms with van der Waals surface area (Å²) in [7, 11) is 0. The highest BCUT2D eigenvalue weighted by atomic mass is 32.2. The summed E-state index contributed by atoms with van der Waals surface area (Å²) in [6.45, 7) is 0. The SMILES string of the molecule is O=C(CSc1nnc(-c2ccco2)o1)N[C@@H]1C[C@H]2CC[C@@H]1C2. The van der Waals surface area contributed by atoms with E-state index in [-0.39, 0.29) is 5.91 Å². The number of thioether (sulfide) groups is 1. The maximum atomic E-state index is 12.0. The highest BCUT2D eigenvalue weighted by Crippen LogP contribution is 2.44. The standard InChI is InChI=1S/C15H17N3O3S/c19-13(16-11-7-9-3-4-10(11)6-9)8-22-15-18-17-14(21-15)12-2-1-5-20-12/h1-2,5,9-11H,3-4,6-8H2,(H,16,19)/t9-,10+,11+/m0/s1. The summed E-state index contributed by atoms with van der Waals surface area (Å²) in [5, 5.41) is 11.4. The molecule has 3 atom stereocenters. The van der Waals surface area contributed by atoms with Gasteiger partial charge in [-0.15, -0.1) is 10.2 Å². The summed E-state index contributed by atoms with van der Waals surface area (Å²) in [5.74, 6) is 2.72. The molecule has 2 heterocycles. The number of furan rings is 1. The van der Waals surface area contributed by atoms with Crippen LogP contribution in [0.4, 0.5) is 0 Å². The number of hydrogen-bond acceptors (Lipinski definition) is 6. The maximum Gasteiger partial charge on any atom is 0.284 e. The van der Waals surface area contributed by atoms with Gasteiger partial charge in [-0.05, 0) is 43.2 Å². The number of carbonyl (C=O) groups excluding carboxylic acids is 1. The van der Waals surface area contributed by atoms with Crippen molar-refractivity contribution < 1.29 is 13.6 Å². The van der Waals surface area contributed by atoms with Gasteiger partial charge in [-0.2, -0.15) is 0 Å². The Morgan fingerprint density at radius 3 is 3.05 bits per heavy atom. The fourth-order valence-corrected chi connectivity index (χ4v) is 4.14. The van der Waals surface area contributed by atoms with Crippen LogP contribution in [-0.2, 0) is 4.79 Å². The van der Waals surface area contributed by atoms with Crippen LogP contribution < -0.4 is 5.32 Å². The molecule has 2 aromatic heterocycles. The van der Waals surface area contributed by atoms with Crippen molar-refractivity contribution in [3.63, 3.8) is 0 Å². The van der Waals surface area contributed by atoms with E-state index in [0.29, 0.717) is 34.6 Å². The fraction of sp³-hybridized carbons (Fsp3) is 0.533. The molecule has 0 spiro atoms. The van der Waals surface area contributed by atoms with Crippen molar-refractivity contribution in [1.29, 1.82) is 0 Å². The quantitative estimate of drug-likeness (QED) is 0.853. The molecule has 2 aliphatic rings. The minimum atomic E-state index is 0.0419. The van der Waals surface area contributed by atoms with Crippen molar-refractivity contribution in [3.05, 3.63) is 18.4 Å². The summed E-state index contributed by atoms with van der Waals surface area (Å²) in [6, 6.07) is 3.88. The van der Waals surface area contributed by atoms with Crippen LogP contribution in [-0.4, -0.2) is 27.9 Å². The first kappa shape index (κ1) is 13.9. The molecule has 0 saturated heterocycles. The third-order valence-corrected chi connectivity index (χ3v) is 5.37. The van der Waals surface area contributed by atoms with Gasteiger partial charge in [-0.25, -0.2) is 0 Å². The molecule has 22 heavy (non-hydrogen) atoms. The Morgan fingerprint density at radius 1 is 1.36 bits per heavy atom. The lowest BCUT2D eigenvalue weighted by Crippen LogP contribution is -2.39. The fourth-order valence-electron chi connectivity index (χ4n) is 3.57.